The maximum Gasteiger partial charge on any atom is 0.344 e. The minimum Gasteiger partial charge on any atom is -0.480 e. The van der Waals surface area contributed by atoms with Crippen molar-refractivity contribution in [3.8, 4) is 5.75 Å². The van der Waals surface area contributed by atoms with Crippen LogP contribution in [0.2, 0.25) is 10.0 Å². The van der Waals surface area contributed by atoms with Crippen LogP contribution in [0.25, 0.3) is 0 Å². The summed E-state index contributed by atoms with van der Waals surface area (Å²) in [4.78, 5) is 24.1. The number of carbonyl (C=O) groups is 2. The number of benzene rings is 1. The molecule has 26 heavy (non-hydrogen) atoms. The molecular weight excluding hydrogens is 381 g/mol. The molecule has 0 saturated carbocycles. The zero-order valence-corrected chi connectivity index (χ0v) is 16.3. The van der Waals surface area contributed by atoms with Gasteiger partial charge in [0.15, 0.2) is 12.7 Å². The molecule has 1 atom stereocenters. The number of aryl methyl sites for hydroxylation is 2. The Bertz CT molecular complexity index is 836. The first-order chi connectivity index (χ1) is 12.2. The second-order valence-electron chi connectivity index (χ2n) is 5.65. The third-order valence-electron chi connectivity index (χ3n) is 3.67. The predicted molar refractivity (Wildman–Crippen MR) is 98.8 cm³/mol. The maximum atomic E-state index is 12.2. The second-order valence-corrected chi connectivity index (χ2v) is 6.50. The number of hydrogen-bond donors (Lipinski definition) is 1. The highest BCUT2D eigenvalue weighted by Gasteiger charge is 2.21. The van der Waals surface area contributed by atoms with E-state index >= 15 is 0 Å². The number of rotatable bonds is 6. The molecule has 2 rings (SSSR count). The van der Waals surface area contributed by atoms with Crippen LogP contribution in [0.1, 0.15) is 18.3 Å². The second kappa shape index (κ2) is 8.42. The van der Waals surface area contributed by atoms with Gasteiger partial charge in [-0.1, -0.05) is 23.2 Å². The molecule has 9 heteroatoms. The van der Waals surface area contributed by atoms with Crippen molar-refractivity contribution in [2.75, 3.05) is 11.9 Å². The number of ether oxygens (including phenoxy) is 2. The van der Waals surface area contributed by atoms with Crippen LogP contribution in [0.5, 0.6) is 5.75 Å². The van der Waals surface area contributed by atoms with Gasteiger partial charge in [0, 0.05) is 12.1 Å². The molecule has 1 amide bonds. The van der Waals surface area contributed by atoms with Gasteiger partial charge >= 0.3 is 5.97 Å². The Labute approximate surface area is 161 Å². The van der Waals surface area contributed by atoms with Crippen LogP contribution >= 0.6 is 23.2 Å². The van der Waals surface area contributed by atoms with Crippen molar-refractivity contribution in [2.24, 2.45) is 7.05 Å². The van der Waals surface area contributed by atoms with E-state index in [1.165, 1.54) is 13.0 Å². The van der Waals surface area contributed by atoms with E-state index in [0.29, 0.717) is 22.2 Å². The van der Waals surface area contributed by atoms with E-state index in [1.807, 2.05) is 6.92 Å². The van der Waals surface area contributed by atoms with Gasteiger partial charge in [-0.15, -0.1) is 0 Å². The summed E-state index contributed by atoms with van der Waals surface area (Å²) in [6, 6.07) is 4.63. The minimum absolute atomic E-state index is 0.276. The average Bonchev–Trinajstić information content (AvgIpc) is 2.80. The number of amides is 1. The number of aromatic nitrogens is 2. The lowest BCUT2D eigenvalue weighted by Crippen LogP contribution is -2.32. The first-order valence-corrected chi connectivity index (χ1v) is 8.53. The highest BCUT2D eigenvalue weighted by molar-refractivity contribution is 6.35. The van der Waals surface area contributed by atoms with Crippen LogP contribution in [-0.4, -0.2) is 34.4 Å². The topological polar surface area (TPSA) is 82.5 Å². The van der Waals surface area contributed by atoms with Gasteiger partial charge in [-0.2, -0.15) is 5.10 Å². The Morgan fingerprint density at radius 1 is 1.31 bits per heavy atom. The number of anilines is 1. The smallest absolute Gasteiger partial charge is 0.344 e. The lowest BCUT2D eigenvalue weighted by atomic mass is 10.3. The lowest BCUT2D eigenvalue weighted by molar-refractivity contribution is -0.155. The van der Waals surface area contributed by atoms with Gasteiger partial charge in [-0.05, 0) is 39.0 Å². The van der Waals surface area contributed by atoms with E-state index in [4.69, 9.17) is 32.7 Å². The largest absolute Gasteiger partial charge is 0.480 e. The predicted octanol–water partition coefficient (Wildman–Crippen LogP) is 3.29. The number of carbonyl (C=O) groups excluding carboxylic acids is 2. The zero-order valence-electron chi connectivity index (χ0n) is 14.8. The standard InChI is InChI=1S/C17H19Cl2N3O4/c1-9-16(10(2)22(4)21-9)20-17(24)11(3)26-15(23)8-25-14-6-5-12(18)7-13(14)19/h5-7,11H,8H2,1-4H3,(H,20,24)/t11-/m0/s1. The van der Waals surface area contributed by atoms with Gasteiger partial charge in [-0.3, -0.25) is 9.48 Å². The molecule has 0 unspecified atom stereocenters. The Balaban J connectivity index is 1.88. The van der Waals surface area contributed by atoms with Crippen molar-refractivity contribution in [3.63, 3.8) is 0 Å². The van der Waals surface area contributed by atoms with E-state index in [2.05, 4.69) is 10.4 Å². The molecule has 2 aromatic rings. The molecule has 0 aliphatic rings. The zero-order chi connectivity index (χ0) is 19.4. The van der Waals surface area contributed by atoms with Crippen LogP contribution in [0.4, 0.5) is 5.69 Å². The van der Waals surface area contributed by atoms with Gasteiger partial charge in [0.1, 0.15) is 5.75 Å². The van der Waals surface area contributed by atoms with Gasteiger partial charge in [0.2, 0.25) is 0 Å². The van der Waals surface area contributed by atoms with Crippen molar-refractivity contribution < 1.29 is 19.1 Å². The summed E-state index contributed by atoms with van der Waals surface area (Å²) in [6.45, 7) is 4.70. The normalized spacial score (nSPS) is 11.8. The van der Waals surface area contributed by atoms with Crippen LogP contribution in [-0.2, 0) is 21.4 Å². The van der Waals surface area contributed by atoms with E-state index < -0.39 is 18.0 Å². The van der Waals surface area contributed by atoms with Crippen LogP contribution in [0.15, 0.2) is 18.2 Å². The first-order valence-electron chi connectivity index (χ1n) is 7.77. The first kappa shape index (κ1) is 20.1. The van der Waals surface area contributed by atoms with Gasteiger partial charge in [-0.25, -0.2) is 4.79 Å². The van der Waals surface area contributed by atoms with Crippen LogP contribution in [0, 0.1) is 13.8 Å². The molecule has 0 aliphatic carbocycles. The fraction of sp³-hybridized carbons (Fsp3) is 0.353. The van der Waals surface area contributed by atoms with E-state index in [9.17, 15) is 9.59 Å². The van der Waals surface area contributed by atoms with Crippen molar-refractivity contribution in [1.29, 1.82) is 0 Å². The quantitative estimate of drug-likeness (QED) is 0.753. The Hall–Kier alpha value is -2.25. The molecule has 1 heterocycles. The summed E-state index contributed by atoms with van der Waals surface area (Å²) in [7, 11) is 1.78. The number of halogens is 2. The summed E-state index contributed by atoms with van der Waals surface area (Å²) < 4.78 is 12.0. The molecule has 0 fully saturated rings. The van der Waals surface area contributed by atoms with E-state index in [0.717, 1.165) is 5.69 Å². The molecular formula is C17H19Cl2N3O4. The summed E-state index contributed by atoms with van der Waals surface area (Å²) in [6.07, 6.45) is -0.995. The molecule has 0 bridgehead atoms. The fourth-order valence-corrected chi connectivity index (χ4v) is 2.66. The Morgan fingerprint density at radius 3 is 2.58 bits per heavy atom. The molecule has 7 nitrogen and oxygen atoms in total. The van der Waals surface area contributed by atoms with Gasteiger partial charge in [0.05, 0.1) is 22.1 Å². The molecule has 0 spiro atoms. The van der Waals surface area contributed by atoms with Crippen LogP contribution < -0.4 is 10.1 Å². The van der Waals surface area contributed by atoms with Crippen LogP contribution in [0.3, 0.4) is 0 Å². The molecule has 0 radical (unpaired) electrons. The molecule has 1 aromatic heterocycles. The molecule has 0 saturated heterocycles. The SMILES string of the molecule is Cc1nn(C)c(C)c1NC(=O)[C@H](C)OC(=O)COc1ccc(Cl)cc1Cl. The van der Waals surface area contributed by atoms with E-state index in [-0.39, 0.29) is 11.6 Å². The maximum absolute atomic E-state index is 12.2. The number of nitrogens with one attached hydrogen (secondary N) is 1. The van der Waals surface area contributed by atoms with Gasteiger partial charge in [0.25, 0.3) is 5.91 Å². The van der Waals surface area contributed by atoms with Crippen molar-refractivity contribution in [3.05, 3.63) is 39.6 Å². The lowest BCUT2D eigenvalue weighted by Gasteiger charge is -2.14. The molecule has 1 aromatic carbocycles. The Kier molecular flexibility index (Phi) is 6.50. The van der Waals surface area contributed by atoms with Crippen molar-refractivity contribution in [1.82, 2.24) is 9.78 Å². The number of esters is 1. The Morgan fingerprint density at radius 2 is 2.00 bits per heavy atom. The van der Waals surface area contributed by atoms with E-state index in [1.54, 1.807) is 30.8 Å². The number of hydrogen-bond acceptors (Lipinski definition) is 5. The molecule has 140 valence electrons. The number of nitrogens with zero attached hydrogens (tertiary/aromatic N) is 2. The fourth-order valence-electron chi connectivity index (χ4n) is 2.19. The summed E-state index contributed by atoms with van der Waals surface area (Å²) in [5, 5.41) is 7.66. The third kappa shape index (κ3) is 4.89. The van der Waals surface area contributed by atoms with Crippen molar-refractivity contribution >= 4 is 40.8 Å². The monoisotopic (exact) mass is 399 g/mol. The van der Waals surface area contributed by atoms with Crippen molar-refractivity contribution in [2.45, 2.75) is 26.9 Å². The average molecular weight is 400 g/mol. The summed E-state index contributed by atoms with van der Waals surface area (Å²) in [5.74, 6) is -0.855. The molecule has 1 N–H and O–H groups in total. The highest BCUT2D eigenvalue weighted by atomic mass is 35.5. The molecule has 0 aliphatic heterocycles. The third-order valence-corrected chi connectivity index (χ3v) is 4.20. The highest BCUT2D eigenvalue weighted by Crippen LogP contribution is 2.27. The minimum atomic E-state index is -0.995. The summed E-state index contributed by atoms with van der Waals surface area (Å²) in [5.41, 5.74) is 2.08. The van der Waals surface area contributed by atoms with Gasteiger partial charge < -0.3 is 14.8 Å². The summed E-state index contributed by atoms with van der Waals surface area (Å²) >= 11 is 11.7.